The van der Waals surface area contributed by atoms with Gasteiger partial charge in [0.05, 0.1) is 35.6 Å². The second kappa shape index (κ2) is 10.1. The molecule has 4 N–H and O–H groups in total. The van der Waals surface area contributed by atoms with Crippen LogP contribution in [-0.2, 0) is 19.1 Å². The van der Waals surface area contributed by atoms with E-state index < -0.39 is 52.0 Å². The van der Waals surface area contributed by atoms with Gasteiger partial charge in [-0.05, 0) is 70.9 Å². The number of hydrogen-bond acceptors (Lipinski definition) is 8. The van der Waals surface area contributed by atoms with Crippen LogP contribution in [0.4, 0.5) is 0 Å². The molecule has 10 atom stereocenters. The van der Waals surface area contributed by atoms with E-state index in [-0.39, 0.29) is 47.2 Å². The Bertz CT molecular complexity index is 1070. The average molecular weight is 549 g/mol. The molecule has 2 aliphatic heterocycles. The highest BCUT2D eigenvalue weighted by Gasteiger charge is 2.66. The number of carbonyl (C=O) groups excluding carboxylic acids is 2. The summed E-state index contributed by atoms with van der Waals surface area (Å²) in [6.45, 7) is 14.4. The first-order valence-electron chi connectivity index (χ1n) is 14.6. The van der Waals surface area contributed by atoms with E-state index in [9.17, 15) is 30.0 Å². The lowest BCUT2D eigenvalue weighted by Crippen LogP contribution is -2.67. The van der Waals surface area contributed by atoms with Gasteiger partial charge in [0.25, 0.3) is 0 Å². The number of rotatable bonds is 7. The van der Waals surface area contributed by atoms with Crippen LogP contribution in [0.3, 0.4) is 0 Å². The van der Waals surface area contributed by atoms with Crippen LogP contribution in [0.1, 0.15) is 93.9 Å². The monoisotopic (exact) mass is 548 g/mol. The molecule has 2 aliphatic carbocycles. The van der Waals surface area contributed by atoms with Crippen molar-refractivity contribution in [3.63, 3.8) is 0 Å². The number of aliphatic hydroxyl groups is 4. The van der Waals surface area contributed by atoms with Gasteiger partial charge in [0.1, 0.15) is 17.1 Å². The quantitative estimate of drug-likeness (QED) is 0.381. The second-order valence-electron chi connectivity index (χ2n) is 13.8. The Balaban J connectivity index is 1.79. The van der Waals surface area contributed by atoms with Crippen LogP contribution in [0.25, 0.3) is 0 Å². The lowest BCUT2D eigenvalue weighted by atomic mass is 9.52. The molecule has 1 saturated carbocycles. The van der Waals surface area contributed by atoms with Crippen LogP contribution in [0, 0.1) is 23.2 Å². The van der Waals surface area contributed by atoms with E-state index in [1.807, 2.05) is 20.8 Å². The molecule has 0 bridgehead atoms. The minimum Gasteiger partial charge on any atom is -0.487 e. The summed E-state index contributed by atoms with van der Waals surface area (Å²) in [7, 11) is 0. The lowest BCUT2D eigenvalue weighted by molar-refractivity contribution is -0.265. The topological polar surface area (TPSA) is 134 Å². The minimum atomic E-state index is -1.95. The van der Waals surface area contributed by atoms with Gasteiger partial charge in [-0.25, -0.2) is 0 Å². The van der Waals surface area contributed by atoms with E-state index in [1.54, 1.807) is 20.8 Å². The predicted molar refractivity (Wildman–Crippen MR) is 146 cm³/mol. The third kappa shape index (κ3) is 4.84. The van der Waals surface area contributed by atoms with Crippen LogP contribution in [-0.4, -0.2) is 73.2 Å². The van der Waals surface area contributed by atoms with Crippen molar-refractivity contribution in [1.82, 2.24) is 0 Å². The molecule has 2 heterocycles. The summed E-state index contributed by atoms with van der Waals surface area (Å²) >= 11 is 0. The summed E-state index contributed by atoms with van der Waals surface area (Å²) in [6, 6.07) is 0. The Morgan fingerprint density at radius 3 is 2.41 bits per heavy atom. The van der Waals surface area contributed by atoms with E-state index in [0.717, 1.165) is 0 Å². The molecule has 220 valence electrons. The first-order valence-corrected chi connectivity index (χ1v) is 14.6. The summed E-state index contributed by atoms with van der Waals surface area (Å²) in [5.41, 5.74) is -4.19. The van der Waals surface area contributed by atoms with Crippen molar-refractivity contribution in [2.24, 2.45) is 23.2 Å². The normalized spacial score (nSPS) is 40.9. The largest absolute Gasteiger partial charge is 0.487 e. The maximum absolute atomic E-state index is 13.7. The molecule has 0 aromatic carbocycles. The summed E-state index contributed by atoms with van der Waals surface area (Å²) < 4.78 is 13.1. The molecule has 0 aromatic rings. The molecule has 0 unspecified atom stereocenters. The van der Waals surface area contributed by atoms with Crippen LogP contribution in [0.2, 0.25) is 0 Å². The van der Waals surface area contributed by atoms with E-state index in [1.165, 1.54) is 13.0 Å². The van der Waals surface area contributed by atoms with Crippen LogP contribution in [0.5, 0.6) is 0 Å². The molecular formula is C31H48O8. The molecule has 8 heteroatoms. The Hall–Kier alpha value is -1.58. The van der Waals surface area contributed by atoms with Gasteiger partial charge in [-0.2, -0.15) is 0 Å². The van der Waals surface area contributed by atoms with E-state index >= 15 is 0 Å². The van der Waals surface area contributed by atoms with Crippen molar-refractivity contribution in [3.05, 3.63) is 23.0 Å². The van der Waals surface area contributed by atoms with Crippen LogP contribution >= 0.6 is 0 Å². The van der Waals surface area contributed by atoms with Gasteiger partial charge >= 0.3 is 0 Å². The fourth-order valence-corrected chi connectivity index (χ4v) is 7.97. The lowest BCUT2D eigenvalue weighted by Gasteiger charge is -2.62. The van der Waals surface area contributed by atoms with Crippen molar-refractivity contribution in [1.29, 1.82) is 0 Å². The highest BCUT2D eigenvalue weighted by atomic mass is 16.5. The zero-order valence-electron chi connectivity index (χ0n) is 24.8. The summed E-state index contributed by atoms with van der Waals surface area (Å²) in [4.78, 5) is 26.2. The van der Waals surface area contributed by atoms with Crippen molar-refractivity contribution < 1.29 is 39.5 Å². The fourth-order valence-electron chi connectivity index (χ4n) is 7.97. The maximum atomic E-state index is 13.7. The molecule has 4 rings (SSSR count). The van der Waals surface area contributed by atoms with Crippen molar-refractivity contribution >= 4 is 11.6 Å². The number of hydrogen-bond donors (Lipinski definition) is 4. The Morgan fingerprint density at radius 1 is 1.21 bits per heavy atom. The summed E-state index contributed by atoms with van der Waals surface area (Å²) in [5.74, 6) is -2.04. The molecule has 1 saturated heterocycles. The summed E-state index contributed by atoms with van der Waals surface area (Å²) in [6.07, 6.45) is 1.40. The van der Waals surface area contributed by atoms with Gasteiger partial charge in [-0.3, -0.25) is 9.59 Å². The van der Waals surface area contributed by atoms with E-state index in [2.05, 4.69) is 6.92 Å². The Labute approximate surface area is 232 Å². The first kappa shape index (κ1) is 30.4. The molecule has 0 aromatic heterocycles. The third-order valence-electron chi connectivity index (χ3n) is 10.4. The number of carbonyl (C=O) groups is 2. The minimum absolute atomic E-state index is 0.0123. The van der Waals surface area contributed by atoms with Gasteiger partial charge in [-0.15, -0.1) is 0 Å². The number of ketones is 2. The zero-order valence-corrected chi connectivity index (χ0v) is 24.8. The summed E-state index contributed by atoms with van der Waals surface area (Å²) in [5, 5.41) is 45.8. The predicted octanol–water partition coefficient (Wildman–Crippen LogP) is 3.39. The van der Waals surface area contributed by atoms with Gasteiger partial charge in [0, 0.05) is 23.7 Å². The van der Waals surface area contributed by atoms with E-state index in [0.29, 0.717) is 32.1 Å². The highest BCUT2D eigenvalue weighted by Crippen LogP contribution is 2.61. The van der Waals surface area contributed by atoms with Crippen molar-refractivity contribution in [2.75, 3.05) is 0 Å². The smallest absolute Gasteiger partial charge is 0.188 e. The highest BCUT2D eigenvalue weighted by molar-refractivity contribution is 6.08. The second-order valence-corrected chi connectivity index (χ2v) is 13.8. The third-order valence-corrected chi connectivity index (χ3v) is 10.4. The Kier molecular flexibility index (Phi) is 7.83. The molecule has 39 heavy (non-hydrogen) atoms. The maximum Gasteiger partial charge on any atom is 0.188 e. The average Bonchev–Trinajstić information content (AvgIpc) is 2.82. The van der Waals surface area contributed by atoms with E-state index in [4.69, 9.17) is 9.47 Å². The molecule has 8 nitrogen and oxygen atoms in total. The SMILES string of the molecule is CC[C@H](C)[C@@H](O)[C@@H](C)C1=CC(=O)C2=C(O[C@]3(C)CC[C@H]4O[C@@H](C(C)(C)O)CC[C@]4(C)[C@H]3[C@@H]2O)[C@]1(O)CC(C)=O. The number of aliphatic hydroxyl groups excluding tert-OH is 2. The van der Waals surface area contributed by atoms with Gasteiger partial charge < -0.3 is 29.9 Å². The molecule has 4 aliphatic rings. The number of fused-ring (bicyclic) bond motifs is 3. The van der Waals surface area contributed by atoms with Crippen LogP contribution < -0.4 is 0 Å². The molecule has 0 radical (unpaired) electrons. The van der Waals surface area contributed by atoms with Crippen molar-refractivity contribution in [2.45, 2.75) is 135 Å². The number of Topliss-reactive ketones (excluding diaryl/α,β-unsaturated/α-hetero) is 1. The van der Waals surface area contributed by atoms with Gasteiger partial charge in [0.2, 0.25) is 0 Å². The van der Waals surface area contributed by atoms with Crippen molar-refractivity contribution in [3.8, 4) is 0 Å². The Morgan fingerprint density at radius 2 is 1.85 bits per heavy atom. The molecule has 0 spiro atoms. The number of allylic oxidation sites excluding steroid dienone is 1. The molecule has 0 amide bonds. The molecular weight excluding hydrogens is 500 g/mol. The first-order chi connectivity index (χ1) is 17.9. The standard InChI is InChI=1S/C31H48O8/c1-9-16(2)24(34)18(4)19-14-20(33)23-25(35)26-29(7)12-10-21(28(5,6)36)38-22(29)11-13-30(26,8)39-27(23)31(19,37)15-17(3)32/h14,16,18,21-22,24-26,34-37H,9-13,15H2,1-8H3/t16-,18-,21+,22+,24+,25+,26+,29-,30+,31-/m0/s1. The number of ether oxygens (including phenoxy) is 2. The molecule has 2 fully saturated rings. The fraction of sp³-hybridized carbons (Fsp3) is 0.806. The van der Waals surface area contributed by atoms with Crippen LogP contribution in [0.15, 0.2) is 23.0 Å². The van der Waals surface area contributed by atoms with Gasteiger partial charge in [0.15, 0.2) is 11.4 Å². The van der Waals surface area contributed by atoms with Gasteiger partial charge in [-0.1, -0.05) is 34.1 Å². The zero-order chi connectivity index (χ0) is 29.3.